The summed E-state index contributed by atoms with van der Waals surface area (Å²) in [5.74, 6) is 0.113. The van der Waals surface area contributed by atoms with Gasteiger partial charge in [0, 0.05) is 13.1 Å². The number of ether oxygens (including phenoxy) is 1. The Hall–Kier alpha value is -2.11. The van der Waals surface area contributed by atoms with E-state index in [1.54, 1.807) is 17.0 Å². The molecule has 0 aromatic heterocycles. The van der Waals surface area contributed by atoms with Crippen LogP contribution in [0.3, 0.4) is 0 Å². The monoisotopic (exact) mass is 388 g/mol. The van der Waals surface area contributed by atoms with Crippen molar-refractivity contribution < 1.29 is 18.7 Å². The van der Waals surface area contributed by atoms with Gasteiger partial charge in [0.15, 0.2) is 6.10 Å². The third-order valence-electron chi connectivity index (χ3n) is 6.56. The maximum Gasteiger partial charge on any atom is 0.267 e. The molecule has 3 aliphatic rings. The molecular weight excluding hydrogens is 359 g/mol. The number of amides is 2. The Morgan fingerprint density at radius 3 is 2.25 bits per heavy atom. The highest BCUT2D eigenvalue weighted by Gasteiger charge is 2.62. The van der Waals surface area contributed by atoms with Gasteiger partial charge in [-0.3, -0.25) is 9.59 Å². The molecule has 0 radical (unpaired) electrons. The van der Waals surface area contributed by atoms with Crippen LogP contribution >= 0.6 is 0 Å². The van der Waals surface area contributed by atoms with Crippen LogP contribution in [0.25, 0.3) is 0 Å². The fourth-order valence-electron chi connectivity index (χ4n) is 4.96. The molecule has 2 heterocycles. The smallest absolute Gasteiger partial charge is 0.267 e. The average Bonchev–Trinajstić information content (AvgIpc) is 3.01. The van der Waals surface area contributed by atoms with Crippen LogP contribution in [0.2, 0.25) is 0 Å². The minimum absolute atomic E-state index is 0.0560. The molecule has 1 spiro atoms. The number of hydrogen-bond donors (Lipinski definition) is 0. The molecule has 1 aromatic rings. The SMILES string of the molecule is O=C(CN1C(=O)C(Oc2ccc(F)cc2)C12CCCCC2)N1CCCCCC1. The van der Waals surface area contributed by atoms with Crippen LogP contribution < -0.4 is 4.74 Å². The fourth-order valence-corrected chi connectivity index (χ4v) is 4.96. The number of carbonyl (C=O) groups excluding carboxylic acids is 2. The van der Waals surface area contributed by atoms with Crippen molar-refractivity contribution in [3.8, 4) is 5.75 Å². The van der Waals surface area contributed by atoms with Gasteiger partial charge in [-0.2, -0.15) is 0 Å². The van der Waals surface area contributed by atoms with Gasteiger partial charge in [0.1, 0.15) is 18.1 Å². The number of carbonyl (C=O) groups is 2. The van der Waals surface area contributed by atoms with Crippen LogP contribution in [0.1, 0.15) is 57.8 Å². The lowest BCUT2D eigenvalue weighted by Gasteiger charge is -2.58. The largest absolute Gasteiger partial charge is 0.478 e. The normalized spacial score (nSPS) is 24.6. The van der Waals surface area contributed by atoms with Crippen LogP contribution in [0.15, 0.2) is 24.3 Å². The van der Waals surface area contributed by atoms with E-state index in [1.807, 2.05) is 4.90 Å². The zero-order valence-electron chi connectivity index (χ0n) is 16.4. The number of nitrogens with zero attached hydrogens (tertiary/aromatic N) is 2. The first kappa shape index (κ1) is 19.2. The number of likely N-dealkylation sites (tertiary alicyclic amines) is 2. The maximum absolute atomic E-state index is 13.2. The summed E-state index contributed by atoms with van der Waals surface area (Å²) in [6, 6.07) is 5.80. The molecule has 0 N–H and O–H groups in total. The van der Waals surface area contributed by atoms with Gasteiger partial charge in [-0.05, 0) is 49.9 Å². The van der Waals surface area contributed by atoms with Crippen LogP contribution in [0, 0.1) is 5.82 Å². The molecule has 28 heavy (non-hydrogen) atoms. The predicted octanol–water partition coefficient (Wildman–Crippen LogP) is 3.52. The topological polar surface area (TPSA) is 49.9 Å². The van der Waals surface area contributed by atoms with E-state index in [2.05, 4.69) is 0 Å². The Bertz CT molecular complexity index is 707. The van der Waals surface area contributed by atoms with E-state index >= 15 is 0 Å². The van der Waals surface area contributed by atoms with Crippen molar-refractivity contribution in [2.24, 2.45) is 0 Å². The number of halogens is 1. The lowest BCUT2D eigenvalue weighted by molar-refractivity contribution is -0.188. The molecule has 6 heteroatoms. The second kappa shape index (κ2) is 8.10. The second-order valence-electron chi connectivity index (χ2n) is 8.34. The molecule has 1 unspecified atom stereocenters. The van der Waals surface area contributed by atoms with Gasteiger partial charge in [-0.1, -0.05) is 32.1 Å². The van der Waals surface area contributed by atoms with Crippen molar-refractivity contribution in [3.63, 3.8) is 0 Å². The van der Waals surface area contributed by atoms with E-state index in [0.717, 1.165) is 58.0 Å². The molecule has 3 fully saturated rings. The Balaban J connectivity index is 1.48. The first-order valence-electron chi connectivity index (χ1n) is 10.6. The van der Waals surface area contributed by atoms with Gasteiger partial charge >= 0.3 is 0 Å². The molecule has 0 bridgehead atoms. The summed E-state index contributed by atoms with van der Waals surface area (Å²) in [7, 11) is 0. The van der Waals surface area contributed by atoms with E-state index in [9.17, 15) is 14.0 Å². The van der Waals surface area contributed by atoms with E-state index in [-0.39, 0.29) is 24.2 Å². The lowest BCUT2D eigenvalue weighted by atomic mass is 9.70. The highest BCUT2D eigenvalue weighted by Crippen LogP contribution is 2.45. The molecule has 4 rings (SSSR count). The van der Waals surface area contributed by atoms with Gasteiger partial charge < -0.3 is 14.5 Å². The summed E-state index contributed by atoms with van der Waals surface area (Å²) in [6.45, 7) is 1.74. The average molecular weight is 388 g/mol. The number of β-lactam (4-membered cyclic amide) rings is 1. The zero-order valence-corrected chi connectivity index (χ0v) is 16.4. The number of benzene rings is 1. The van der Waals surface area contributed by atoms with Crippen molar-refractivity contribution in [1.29, 1.82) is 0 Å². The van der Waals surface area contributed by atoms with E-state index in [0.29, 0.717) is 5.75 Å². The van der Waals surface area contributed by atoms with Crippen LogP contribution in [-0.4, -0.2) is 52.9 Å². The van der Waals surface area contributed by atoms with Gasteiger partial charge in [0.05, 0.1) is 5.54 Å². The molecular formula is C22H29FN2O3. The Labute approximate surface area is 165 Å². The highest BCUT2D eigenvalue weighted by atomic mass is 19.1. The fraction of sp³-hybridized carbons (Fsp3) is 0.636. The van der Waals surface area contributed by atoms with Crippen molar-refractivity contribution in [2.45, 2.75) is 69.4 Å². The minimum Gasteiger partial charge on any atom is -0.478 e. The molecule has 152 valence electrons. The quantitative estimate of drug-likeness (QED) is 0.742. The Kier molecular flexibility index (Phi) is 5.56. The summed E-state index contributed by atoms with van der Waals surface area (Å²) < 4.78 is 19.2. The van der Waals surface area contributed by atoms with Gasteiger partial charge in [-0.25, -0.2) is 4.39 Å². The molecule has 1 aliphatic carbocycles. The molecule has 1 saturated carbocycles. The summed E-state index contributed by atoms with van der Waals surface area (Å²) in [5.41, 5.74) is -0.398. The van der Waals surface area contributed by atoms with Gasteiger partial charge in [-0.15, -0.1) is 0 Å². The van der Waals surface area contributed by atoms with Crippen LogP contribution in [0.5, 0.6) is 5.75 Å². The number of hydrogen-bond acceptors (Lipinski definition) is 3. The van der Waals surface area contributed by atoms with E-state index in [4.69, 9.17) is 4.74 Å². The van der Waals surface area contributed by atoms with Crippen LogP contribution in [-0.2, 0) is 9.59 Å². The molecule has 1 aromatic carbocycles. The van der Waals surface area contributed by atoms with Gasteiger partial charge in [0.25, 0.3) is 5.91 Å². The van der Waals surface area contributed by atoms with Crippen molar-refractivity contribution in [1.82, 2.24) is 9.80 Å². The molecule has 5 nitrogen and oxygen atoms in total. The molecule has 2 aliphatic heterocycles. The Morgan fingerprint density at radius 2 is 1.61 bits per heavy atom. The predicted molar refractivity (Wildman–Crippen MR) is 103 cm³/mol. The van der Waals surface area contributed by atoms with E-state index in [1.165, 1.54) is 25.0 Å². The van der Waals surface area contributed by atoms with Crippen molar-refractivity contribution in [2.75, 3.05) is 19.6 Å². The summed E-state index contributed by atoms with van der Waals surface area (Å²) in [4.78, 5) is 29.5. The molecule has 2 amide bonds. The summed E-state index contributed by atoms with van der Waals surface area (Å²) in [5, 5.41) is 0. The van der Waals surface area contributed by atoms with Crippen molar-refractivity contribution in [3.05, 3.63) is 30.1 Å². The zero-order chi connectivity index (χ0) is 19.6. The summed E-state index contributed by atoms with van der Waals surface area (Å²) >= 11 is 0. The first-order valence-corrected chi connectivity index (χ1v) is 10.6. The Morgan fingerprint density at radius 1 is 1.00 bits per heavy atom. The molecule has 2 saturated heterocycles. The van der Waals surface area contributed by atoms with E-state index < -0.39 is 11.6 Å². The van der Waals surface area contributed by atoms with Crippen molar-refractivity contribution >= 4 is 11.8 Å². The second-order valence-corrected chi connectivity index (χ2v) is 8.34. The molecule has 1 atom stereocenters. The van der Waals surface area contributed by atoms with Gasteiger partial charge in [0.2, 0.25) is 5.91 Å². The van der Waals surface area contributed by atoms with Crippen LogP contribution in [0.4, 0.5) is 4.39 Å². The lowest BCUT2D eigenvalue weighted by Crippen LogP contribution is -2.77. The third kappa shape index (κ3) is 3.61. The first-order chi connectivity index (χ1) is 13.6. The maximum atomic E-state index is 13.2. The highest BCUT2D eigenvalue weighted by molar-refractivity contribution is 5.94. The number of rotatable bonds is 4. The minimum atomic E-state index is -0.574. The third-order valence-corrected chi connectivity index (χ3v) is 6.56. The standard InChI is InChI=1S/C22H29FN2O3/c23-17-8-10-18(11-9-17)28-20-21(27)25(22(20)12-4-3-5-13-22)16-19(26)24-14-6-1-2-7-15-24/h8-11,20H,1-7,12-16H2. The summed E-state index contributed by atoms with van der Waals surface area (Å²) in [6.07, 6.45) is 8.78.